The van der Waals surface area contributed by atoms with Gasteiger partial charge in [-0.2, -0.15) is 0 Å². The lowest BCUT2D eigenvalue weighted by Crippen LogP contribution is -2.40. The highest BCUT2D eigenvalue weighted by atomic mass is 16.7. The van der Waals surface area contributed by atoms with E-state index in [4.69, 9.17) is 18.9 Å². The normalized spacial score (nSPS) is 12.8. The van der Waals surface area contributed by atoms with Crippen LogP contribution in [0.15, 0.2) is 12.2 Å². The van der Waals surface area contributed by atoms with E-state index in [0.717, 1.165) is 38.5 Å². The fourth-order valence-corrected chi connectivity index (χ4v) is 8.54. The third-order valence-electron chi connectivity index (χ3n) is 13.0. The van der Waals surface area contributed by atoms with Crippen LogP contribution in [0.2, 0.25) is 0 Å². The van der Waals surface area contributed by atoms with Crippen LogP contribution in [-0.2, 0) is 33.3 Å². The van der Waals surface area contributed by atoms with Crippen LogP contribution in [-0.4, -0.2) is 87.4 Å². The molecule has 0 amide bonds. The zero-order valence-corrected chi connectivity index (χ0v) is 45.1. The second-order valence-corrected chi connectivity index (χ2v) is 21.0. The monoisotopic (exact) mass is 951 g/mol. The van der Waals surface area contributed by atoms with E-state index in [-0.39, 0.29) is 38.2 Å². The molecule has 0 heterocycles. The lowest BCUT2D eigenvalue weighted by molar-refractivity contribution is -0.870. The Balaban J connectivity index is 4.22. The minimum Gasteiger partial charge on any atom is -0.477 e. The smallest absolute Gasteiger partial charge is 0.361 e. The summed E-state index contributed by atoms with van der Waals surface area (Å²) >= 11 is 0. The summed E-state index contributed by atoms with van der Waals surface area (Å²) in [5, 5.41) is 9.70. The van der Waals surface area contributed by atoms with Crippen LogP contribution in [0.1, 0.15) is 284 Å². The molecular formula is C58H112NO8+. The molecule has 0 saturated carbocycles. The number of likely N-dealkylation sites (N-methyl/N-ethyl adjacent to an activating group) is 1. The van der Waals surface area contributed by atoms with Crippen LogP contribution in [0.4, 0.5) is 0 Å². The fourth-order valence-electron chi connectivity index (χ4n) is 8.54. The molecule has 9 heteroatoms. The van der Waals surface area contributed by atoms with Crippen molar-refractivity contribution in [2.75, 3.05) is 47.5 Å². The molecule has 67 heavy (non-hydrogen) atoms. The van der Waals surface area contributed by atoms with Gasteiger partial charge in [-0.1, -0.05) is 244 Å². The zero-order chi connectivity index (χ0) is 49.2. The average Bonchev–Trinajstić information content (AvgIpc) is 3.29. The number of allylic oxidation sites excluding steroid dienone is 2. The number of aliphatic carboxylic acids is 1. The summed E-state index contributed by atoms with van der Waals surface area (Å²) in [5.41, 5.74) is 0. The van der Waals surface area contributed by atoms with E-state index < -0.39 is 18.4 Å². The summed E-state index contributed by atoms with van der Waals surface area (Å²) in [6.07, 6.45) is 54.3. The summed E-state index contributed by atoms with van der Waals surface area (Å²) in [6, 6.07) is 0. The van der Waals surface area contributed by atoms with Gasteiger partial charge >= 0.3 is 17.9 Å². The molecule has 0 rings (SSSR count). The highest BCUT2D eigenvalue weighted by molar-refractivity contribution is 5.71. The van der Waals surface area contributed by atoms with Gasteiger partial charge in [0.25, 0.3) is 6.29 Å². The van der Waals surface area contributed by atoms with E-state index in [1.54, 1.807) is 0 Å². The van der Waals surface area contributed by atoms with E-state index in [0.29, 0.717) is 17.4 Å². The van der Waals surface area contributed by atoms with Crippen molar-refractivity contribution in [3.63, 3.8) is 0 Å². The molecule has 0 aliphatic carbocycles. The molecule has 0 fully saturated rings. The van der Waals surface area contributed by atoms with Crippen LogP contribution < -0.4 is 0 Å². The van der Waals surface area contributed by atoms with E-state index in [1.807, 2.05) is 21.1 Å². The maximum absolute atomic E-state index is 12.9. The van der Waals surface area contributed by atoms with Gasteiger partial charge in [0.1, 0.15) is 13.2 Å². The van der Waals surface area contributed by atoms with Gasteiger partial charge in [0.15, 0.2) is 6.10 Å². The minimum atomic E-state index is -1.51. The number of nitrogens with zero attached hydrogens (tertiary/aromatic N) is 1. The largest absolute Gasteiger partial charge is 0.477 e. The molecule has 9 nitrogen and oxygen atoms in total. The van der Waals surface area contributed by atoms with Crippen LogP contribution in [0.5, 0.6) is 0 Å². The van der Waals surface area contributed by atoms with Crippen molar-refractivity contribution in [1.82, 2.24) is 0 Å². The Labute approximate surface area is 415 Å². The number of hydrogen-bond donors (Lipinski definition) is 1. The number of rotatable bonds is 54. The molecule has 0 radical (unpaired) electrons. The summed E-state index contributed by atoms with van der Waals surface area (Å²) in [7, 11) is 5.98. The van der Waals surface area contributed by atoms with Crippen LogP contribution in [0, 0.1) is 0 Å². The van der Waals surface area contributed by atoms with Crippen molar-refractivity contribution in [2.24, 2.45) is 0 Å². The van der Waals surface area contributed by atoms with Crippen LogP contribution >= 0.6 is 0 Å². The number of esters is 2. The molecule has 0 saturated heterocycles. The first-order valence-electron chi connectivity index (χ1n) is 28.9. The first-order chi connectivity index (χ1) is 32.6. The molecule has 0 aliphatic heterocycles. The molecule has 0 aromatic carbocycles. The fraction of sp³-hybridized carbons (Fsp3) is 0.914. The average molecular weight is 952 g/mol. The maximum Gasteiger partial charge on any atom is 0.361 e. The highest BCUT2D eigenvalue weighted by Gasteiger charge is 2.25. The van der Waals surface area contributed by atoms with Crippen molar-refractivity contribution < 1.29 is 42.9 Å². The van der Waals surface area contributed by atoms with Crippen LogP contribution in [0.25, 0.3) is 0 Å². The molecule has 1 N–H and O–H groups in total. The molecule has 0 bridgehead atoms. The number of carboxylic acid groups (broad SMARTS) is 1. The Morgan fingerprint density at radius 2 is 0.761 bits per heavy atom. The van der Waals surface area contributed by atoms with Gasteiger partial charge in [0, 0.05) is 12.8 Å². The van der Waals surface area contributed by atoms with Gasteiger partial charge in [0.2, 0.25) is 0 Å². The van der Waals surface area contributed by atoms with Gasteiger partial charge in [-0.25, -0.2) is 4.79 Å². The van der Waals surface area contributed by atoms with Crippen molar-refractivity contribution in [2.45, 2.75) is 296 Å². The Bertz CT molecular complexity index is 1110. The Hall–Kier alpha value is -1.97. The van der Waals surface area contributed by atoms with Crippen LogP contribution in [0.3, 0.4) is 0 Å². The van der Waals surface area contributed by atoms with Crippen molar-refractivity contribution >= 4 is 17.9 Å². The maximum atomic E-state index is 12.9. The third-order valence-corrected chi connectivity index (χ3v) is 13.0. The van der Waals surface area contributed by atoms with E-state index in [9.17, 15) is 19.5 Å². The predicted octanol–water partition coefficient (Wildman–Crippen LogP) is 16.6. The Kier molecular flexibility index (Phi) is 48.9. The standard InChI is InChI=1S/C58H111NO8/c1-6-8-10-12-14-16-18-20-22-24-26-27-28-29-31-33-35-37-39-41-43-45-47-49-56(61)67-54(53-66-58(57(62)63)64-51-50-59(3,4)5)52-65-55(60)48-46-44-42-40-38-36-34-32-30-25-23-21-19-17-15-13-11-9-7-2/h24,26,54,58H,6-23,25,27-53H2,1-5H3/p+1/b26-24-. The van der Waals surface area contributed by atoms with Crippen molar-refractivity contribution in [1.29, 1.82) is 0 Å². The number of carbonyl (C=O) groups excluding carboxylic acids is 2. The van der Waals surface area contributed by atoms with Gasteiger partial charge in [-0.15, -0.1) is 0 Å². The summed E-state index contributed by atoms with van der Waals surface area (Å²) < 4.78 is 22.9. The van der Waals surface area contributed by atoms with E-state index >= 15 is 0 Å². The zero-order valence-electron chi connectivity index (χ0n) is 45.1. The summed E-state index contributed by atoms with van der Waals surface area (Å²) in [6.45, 7) is 4.93. The second kappa shape index (κ2) is 50.4. The van der Waals surface area contributed by atoms with Gasteiger partial charge in [0.05, 0.1) is 34.4 Å². The topological polar surface area (TPSA) is 108 Å². The molecular weight excluding hydrogens is 839 g/mol. The first kappa shape index (κ1) is 65.0. The lowest BCUT2D eigenvalue weighted by Gasteiger charge is -2.25. The molecule has 0 aromatic heterocycles. The molecule has 2 atom stereocenters. The third kappa shape index (κ3) is 51.7. The van der Waals surface area contributed by atoms with E-state index in [1.165, 1.54) is 218 Å². The summed E-state index contributed by atoms with van der Waals surface area (Å²) in [5.74, 6) is -1.98. The molecule has 0 aromatic rings. The Morgan fingerprint density at radius 3 is 1.10 bits per heavy atom. The second-order valence-electron chi connectivity index (χ2n) is 21.0. The quantitative estimate of drug-likeness (QED) is 0.0211. The van der Waals surface area contributed by atoms with Gasteiger partial charge in [-0.05, 0) is 38.5 Å². The molecule has 0 spiro atoms. The number of ether oxygens (including phenoxy) is 4. The number of carboxylic acids is 1. The van der Waals surface area contributed by atoms with Crippen molar-refractivity contribution in [3.8, 4) is 0 Å². The summed E-state index contributed by atoms with van der Waals surface area (Å²) in [4.78, 5) is 37.4. The highest BCUT2D eigenvalue weighted by Crippen LogP contribution is 2.17. The number of hydrogen-bond acceptors (Lipinski definition) is 7. The van der Waals surface area contributed by atoms with Gasteiger partial charge < -0.3 is 28.5 Å². The molecule has 396 valence electrons. The predicted molar refractivity (Wildman–Crippen MR) is 281 cm³/mol. The SMILES string of the molecule is CCCCCCCCCC/C=C\CCCCCCCCCCCCCC(=O)OC(COC(=O)CCCCCCCCCCCCCCCCCCCCC)COC(OCC[N+](C)(C)C)C(=O)O. The van der Waals surface area contributed by atoms with Gasteiger partial charge in [-0.3, -0.25) is 9.59 Å². The molecule has 2 unspecified atom stereocenters. The molecule has 0 aliphatic rings. The number of unbranched alkanes of at least 4 members (excludes halogenated alkanes) is 37. The van der Waals surface area contributed by atoms with E-state index in [2.05, 4.69) is 26.0 Å². The number of carbonyl (C=O) groups is 3. The minimum absolute atomic E-state index is 0.175. The van der Waals surface area contributed by atoms with Crippen molar-refractivity contribution in [3.05, 3.63) is 12.2 Å². The first-order valence-corrected chi connectivity index (χ1v) is 28.9. The Morgan fingerprint density at radius 1 is 0.433 bits per heavy atom. The number of quaternary nitrogens is 1. The lowest BCUT2D eigenvalue weighted by atomic mass is 10.0.